The molecule has 5 unspecified atom stereocenters. The summed E-state index contributed by atoms with van der Waals surface area (Å²) in [6, 6.07) is 5.89. The van der Waals surface area contributed by atoms with Gasteiger partial charge in [-0.15, -0.1) is 0 Å². The number of methoxy groups -OCH3 is 1. The van der Waals surface area contributed by atoms with Crippen molar-refractivity contribution in [2.75, 3.05) is 13.7 Å². The van der Waals surface area contributed by atoms with Crippen molar-refractivity contribution < 1.29 is 9.13 Å². The molecule has 3 heterocycles. The molecule has 3 fully saturated rings. The molecule has 0 spiro atoms. The van der Waals surface area contributed by atoms with Gasteiger partial charge in [0.15, 0.2) is 0 Å². The Morgan fingerprint density at radius 2 is 2.32 bits per heavy atom. The number of piperidine rings is 2. The first kappa shape index (κ1) is 14.5. The van der Waals surface area contributed by atoms with Crippen LogP contribution in [0.2, 0.25) is 0 Å². The highest BCUT2D eigenvalue weighted by molar-refractivity contribution is 5.36. The van der Waals surface area contributed by atoms with E-state index in [0.717, 1.165) is 36.6 Å². The van der Waals surface area contributed by atoms with Gasteiger partial charge in [0.05, 0.1) is 7.11 Å². The average Bonchev–Trinajstić information content (AvgIpc) is 2.63. The van der Waals surface area contributed by atoms with E-state index in [1.54, 1.807) is 19.2 Å². The molecule has 120 valence electrons. The van der Waals surface area contributed by atoms with Gasteiger partial charge in [-0.05, 0) is 61.8 Å². The van der Waals surface area contributed by atoms with Crippen molar-refractivity contribution in [1.29, 1.82) is 0 Å². The minimum atomic E-state index is -0.174. The number of rotatable bonds is 3. The minimum absolute atomic E-state index is 0.169. The molecule has 3 aliphatic rings. The molecule has 5 atom stereocenters. The van der Waals surface area contributed by atoms with Gasteiger partial charge in [0, 0.05) is 24.2 Å². The largest absolute Gasteiger partial charge is 0.496 e. The van der Waals surface area contributed by atoms with Gasteiger partial charge in [-0.1, -0.05) is 6.42 Å². The highest BCUT2D eigenvalue weighted by Gasteiger charge is 2.56. The lowest BCUT2D eigenvalue weighted by atomic mass is 9.82. The number of nitrogens with two attached hydrogens (primary N) is 1. The lowest BCUT2D eigenvalue weighted by molar-refractivity contribution is 0.0279. The van der Waals surface area contributed by atoms with Gasteiger partial charge in [-0.2, -0.15) is 0 Å². The zero-order valence-corrected chi connectivity index (χ0v) is 13.2. The van der Waals surface area contributed by atoms with E-state index in [0.29, 0.717) is 12.1 Å². The van der Waals surface area contributed by atoms with Gasteiger partial charge in [0.1, 0.15) is 11.6 Å². The van der Waals surface area contributed by atoms with Gasteiger partial charge in [0.2, 0.25) is 0 Å². The van der Waals surface area contributed by atoms with Crippen LogP contribution in [-0.2, 0) is 6.42 Å². The van der Waals surface area contributed by atoms with Crippen LogP contribution in [0, 0.1) is 11.7 Å². The van der Waals surface area contributed by atoms with E-state index in [2.05, 4.69) is 4.90 Å². The Hall–Kier alpha value is -1.13. The molecule has 0 radical (unpaired) electrons. The predicted octanol–water partition coefficient (Wildman–Crippen LogP) is 2.72. The van der Waals surface area contributed by atoms with Crippen LogP contribution in [0.5, 0.6) is 5.75 Å². The van der Waals surface area contributed by atoms with E-state index in [1.165, 1.54) is 31.7 Å². The third-order valence-corrected chi connectivity index (χ3v) is 6.14. The van der Waals surface area contributed by atoms with Crippen molar-refractivity contribution in [2.24, 2.45) is 11.7 Å². The van der Waals surface area contributed by atoms with Crippen molar-refractivity contribution >= 4 is 0 Å². The lowest BCUT2D eigenvalue weighted by Crippen LogP contribution is -2.57. The summed E-state index contributed by atoms with van der Waals surface area (Å²) in [4.78, 5) is 2.67. The summed E-state index contributed by atoms with van der Waals surface area (Å²) in [5.74, 6) is 1.36. The van der Waals surface area contributed by atoms with Crippen molar-refractivity contribution in [3.8, 4) is 5.75 Å². The van der Waals surface area contributed by atoms with Crippen LogP contribution in [0.15, 0.2) is 18.2 Å². The molecule has 4 bridgehead atoms. The summed E-state index contributed by atoms with van der Waals surface area (Å²) in [7, 11) is 1.67. The summed E-state index contributed by atoms with van der Waals surface area (Å²) >= 11 is 0. The summed E-state index contributed by atoms with van der Waals surface area (Å²) < 4.78 is 19.2. The molecule has 0 aliphatic carbocycles. The molecule has 22 heavy (non-hydrogen) atoms. The zero-order valence-electron chi connectivity index (χ0n) is 13.2. The van der Waals surface area contributed by atoms with Gasteiger partial charge < -0.3 is 10.5 Å². The zero-order chi connectivity index (χ0) is 15.3. The molecular weight excluding hydrogens is 279 g/mol. The SMILES string of the molecule is COc1ccc(F)cc1CC12CCCC3C(CC(N)CN31)C2. The molecule has 1 aromatic carbocycles. The van der Waals surface area contributed by atoms with Crippen molar-refractivity contribution in [3.05, 3.63) is 29.6 Å². The van der Waals surface area contributed by atoms with E-state index < -0.39 is 0 Å². The third kappa shape index (κ3) is 2.16. The Morgan fingerprint density at radius 1 is 1.45 bits per heavy atom. The smallest absolute Gasteiger partial charge is 0.123 e. The van der Waals surface area contributed by atoms with Crippen LogP contribution in [0.1, 0.15) is 37.7 Å². The molecule has 4 heteroatoms. The molecule has 0 aromatic heterocycles. The van der Waals surface area contributed by atoms with E-state index in [-0.39, 0.29) is 11.4 Å². The quantitative estimate of drug-likeness (QED) is 0.933. The fraction of sp³-hybridized carbons (Fsp3) is 0.667. The lowest BCUT2D eigenvalue weighted by Gasteiger charge is -2.48. The highest BCUT2D eigenvalue weighted by Crippen LogP contribution is 2.52. The summed E-state index contributed by atoms with van der Waals surface area (Å²) in [6.07, 6.45) is 7.04. The topological polar surface area (TPSA) is 38.5 Å². The summed E-state index contributed by atoms with van der Waals surface area (Å²) in [6.45, 7) is 0.999. The standard InChI is InChI=1S/C18H25FN2O/c1-22-17-5-4-14(19)7-13(17)10-18-6-2-3-16-12(9-18)8-15(20)11-21(16)18/h4-5,7,12,15-16H,2-3,6,8-11,20H2,1H3. The number of nitrogens with zero attached hydrogens (tertiary/aromatic N) is 1. The van der Waals surface area contributed by atoms with Crippen molar-refractivity contribution in [3.63, 3.8) is 0 Å². The van der Waals surface area contributed by atoms with Gasteiger partial charge in [-0.3, -0.25) is 4.90 Å². The molecule has 2 N–H and O–H groups in total. The Balaban J connectivity index is 1.68. The van der Waals surface area contributed by atoms with Crippen molar-refractivity contribution in [2.45, 2.75) is 56.1 Å². The first-order chi connectivity index (χ1) is 10.6. The normalized spacial score (nSPS) is 39.8. The number of hydrogen-bond donors (Lipinski definition) is 1. The molecule has 0 amide bonds. The Morgan fingerprint density at radius 3 is 3.14 bits per heavy atom. The van der Waals surface area contributed by atoms with Crippen LogP contribution in [-0.4, -0.2) is 36.2 Å². The molecule has 4 rings (SSSR count). The van der Waals surface area contributed by atoms with Gasteiger partial charge in [0.25, 0.3) is 0 Å². The molecule has 3 saturated heterocycles. The number of hydrogen-bond acceptors (Lipinski definition) is 3. The Kier molecular flexibility index (Phi) is 3.42. The first-order valence-electron chi connectivity index (χ1n) is 8.46. The Bertz CT molecular complexity index is 578. The number of ether oxygens (including phenoxy) is 1. The Labute approximate surface area is 131 Å². The van der Waals surface area contributed by atoms with Crippen LogP contribution in [0.3, 0.4) is 0 Å². The monoisotopic (exact) mass is 304 g/mol. The maximum atomic E-state index is 13.7. The summed E-state index contributed by atoms with van der Waals surface area (Å²) in [5.41, 5.74) is 7.44. The molecule has 3 aliphatic heterocycles. The van der Waals surface area contributed by atoms with Crippen molar-refractivity contribution in [1.82, 2.24) is 4.90 Å². The fourth-order valence-corrected chi connectivity index (χ4v) is 5.41. The van der Waals surface area contributed by atoms with E-state index in [9.17, 15) is 4.39 Å². The maximum Gasteiger partial charge on any atom is 0.123 e. The second-order valence-electron chi connectivity index (χ2n) is 7.43. The fourth-order valence-electron chi connectivity index (χ4n) is 5.41. The average molecular weight is 304 g/mol. The molecule has 0 saturated carbocycles. The van der Waals surface area contributed by atoms with Crippen LogP contribution in [0.4, 0.5) is 4.39 Å². The van der Waals surface area contributed by atoms with Gasteiger partial charge in [-0.25, -0.2) is 4.39 Å². The third-order valence-electron chi connectivity index (χ3n) is 6.14. The minimum Gasteiger partial charge on any atom is -0.496 e. The highest BCUT2D eigenvalue weighted by atomic mass is 19.1. The second-order valence-corrected chi connectivity index (χ2v) is 7.43. The van der Waals surface area contributed by atoms with E-state index in [1.807, 2.05) is 0 Å². The predicted molar refractivity (Wildman–Crippen MR) is 84.4 cm³/mol. The summed E-state index contributed by atoms with van der Waals surface area (Å²) in [5, 5.41) is 0. The number of benzene rings is 1. The molecule has 1 aromatic rings. The van der Waals surface area contributed by atoms with Gasteiger partial charge >= 0.3 is 0 Å². The molecular formula is C18H25FN2O. The first-order valence-corrected chi connectivity index (χ1v) is 8.46. The molecule has 3 nitrogen and oxygen atoms in total. The van der Waals surface area contributed by atoms with E-state index >= 15 is 0 Å². The van der Waals surface area contributed by atoms with Crippen LogP contribution < -0.4 is 10.5 Å². The van der Waals surface area contributed by atoms with Crippen LogP contribution in [0.25, 0.3) is 0 Å². The number of halogens is 1. The second kappa shape index (κ2) is 5.20. The van der Waals surface area contributed by atoms with Crippen LogP contribution >= 0.6 is 0 Å². The maximum absolute atomic E-state index is 13.7. The van der Waals surface area contributed by atoms with E-state index in [4.69, 9.17) is 10.5 Å².